The molecule has 2 fully saturated rings. The minimum Gasteiger partial charge on any atom is -0.462 e. The molecule has 0 radical (unpaired) electrons. The number of pyridine rings is 2. The highest BCUT2D eigenvalue weighted by Crippen LogP contribution is 2.51. The Morgan fingerprint density at radius 3 is 1.25 bits per heavy atom. The largest absolute Gasteiger partial charge is 0.462 e. The second kappa shape index (κ2) is 28.6. The molecule has 2 N–H and O–H groups in total. The number of aliphatic hydroxyl groups is 2. The van der Waals surface area contributed by atoms with E-state index in [4.69, 9.17) is 18.9 Å². The van der Waals surface area contributed by atoms with Gasteiger partial charge >= 0.3 is 36.6 Å². The topological polar surface area (TPSA) is 150 Å². The summed E-state index contributed by atoms with van der Waals surface area (Å²) < 4.78 is 184. The molecule has 88 heavy (non-hydrogen) atoms. The summed E-state index contributed by atoms with van der Waals surface area (Å²) in [6.45, 7) is 7.21. The Kier molecular flexibility index (Phi) is 21.8. The van der Waals surface area contributed by atoms with Crippen LogP contribution < -0.4 is 0 Å². The van der Waals surface area contributed by atoms with Crippen molar-refractivity contribution in [3.63, 3.8) is 0 Å². The van der Waals surface area contributed by atoms with Crippen molar-refractivity contribution in [2.45, 2.75) is 87.5 Å². The summed E-state index contributed by atoms with van der Waals surface area (Å²) in [4.78, 5) is 44.3. The van der Waals surface area contributed by atoms with Crippen molar-refractivity contribution in [3.05, 3.63) is 179 Å². The van der Waals surface area contributed by atoms with E-state index in [1.165, 1.54) is 0 Å². The molecule has 4 aromatic carbocycles. The van der Waals surface area contributed by atoms with Crippen molar-refractivity contribution in [1.82, 2.24) is 29.6 Å². The summed E-state index contributed by atoms with van der Waals surface area (Å²) in [7, 11) is 0. The molecule has 2 saturated heterocycles. The molecule has 0 amide bonds. The van der Waals surface area contributed by atoms with Gasteiger partial charge < -0.3 is 29.2 Å². The van der Waals surface area contributed by atoms with E-state index in [1.807, 2.05) is 41.0 Å². The van der Waals surface area contributed by atoms with Crippen molar-refractivity contribution < 1.29 is 91.4 Å². The number of aromatic nitrogens is 2. The summed E-state index contributed by atoms with van der Waals surface area (Å²) in [6.07, 6.45) is -18.6. The van der Waals surface area contributed by atoms with Gasteiger partial charge in [-0.15, -0.1) is 0 Å². The second-order valence-electron chi connectivity index (χ2n) is 21.3. The molecule has 0 spiro atoms. The first-order valence-corrected chi connectivity index (χ1v) is 28.0. The molecule has 8 rings (SSSR count). The number of piperazine rings is 2. The van der Waals surface area contributed by atoms with Gasteiger partial charge in [0, 0.05) is 114 Å². The Morgan fingerprint density at radius 1 is 0.466 bits per heavy atom. The van der Waals surface area contributed by atoms with Gasteiger partial charge in [0.05, 0.1) is 19.8 Å². The molecule has 2 aromatic heterocycles. The molecule has 0 bridgehead atoms. The maximum absolute atomic E-state index is 13.8. The summed E-state index contributed by atoms with van der Waals surface area (Å²) in [5.41, 5.74) is -6.91. The summed E-state index contributed by atoms with van der Waals surface area (Å²) in [6, 6.07) is 26.6. The lowest BCUT2D eigenvalue weighted by Gasteiger charge is -2.40. The Morgan fingerprint density at radius 2 is 0.841 bits per heavy atom. The smallest absolute Gasteiger partial charge is 0.430 e. The van der Waals surface area contributed by atoms with Crippen LogP contribution in [0.5, 0.6) is 0 Å². The molecule has 0 unspecified atom stereocenters. The van der Waals surface area contributed by atoms with Gasteiger partial charge in [0.1, 0.15) is 25.3 Å². The van der Waals surface area contributed by atoms with E-state index in [9.17, 15) is 72.5 Å². The summed E-state index contributed by atoms with van der Waals surface area (Å²) in [5.74, 6) is -0.896. The van der Waals surface area contributed by atoms with Gasteiger partial charge in [-0.3, -0.25) is 39.2 Å². The molecular formula is C62H64F12N6O8. The van der Waals surface area contributed by atoms with E-state index in [0.29, 0.717) is 125 Å². The molecule has 0 saturated carbocycles. The highest BCUT2D eigenvalue weighted by atomic mass is 19.4. The van der Waals surface area contributed by atoms with Crippen LogP contribution in [0.2, 0.25) is 0 Å². The molecule has 2 aliphatic rings. The standard InChI is InChI=1S/C62H64F12N6O8/c1-2-85-31-33-87-56(82)54-41-78(37-43-5-9-47(10-6-43)49-13-17-51(18-14-49)58(84,61(69,70)71)62(72,73)74)27-29-80(54)39-45-21-25-76-52(35-45)22-30-86-32-34-88-55(81)53-40-77(26-28-79(53)38-44-19-23-75-24-20-44)36-42-3-7-46(8-4-42)48-11-15-50(16-12-48)57(83,59(63,64)65)60(66,67)68/h3-21,23-25,35,53-54,83-84H,2,22,26-34,36-41H2,1H3/t53-,54+/m0/s1. The molecule has 26 heteroatoms. The van der Waals surface area contributed by atoms with Gasteiger partial charge in [0.2, 0.25) is 0 Å². The Hall–Kier alpha value is -7.04. The van der Waals surface area contributed by atoms with Crippen LogP contribution in [0.3, 0.4) is 0 Å². The van der Waals surface area contributed by atoms with Crippen molar-refractivity contribution in [2.24, 2.45) is 0 Å². The molecule has 2 atom stereocenters. The number of esters is 2. The normalized spacial score (nSPS) is 17.3. The molecule has 6 aromatic rings. The number of carbonyl (C=O) groups excluding carboxylic acids is 2. The maximum atomic E-state index is 13.8. The van der Waals surface area contributed by atoms with Crippen LogP contribution in [0.1, 0.15) is 46.0 Å². The molecule has 2 aliphatic heterocycles. The summed E-state index contributed by atoms with van der Waals surface area (Å²) >= 11 is 0. The van der Waals surface area contributed by atoms with Crippen LogP contribution in [0, 0.1) is 0 Å². The third-order valence-electron chi connectivity index (χ3n) is 15.4. The van der Waals surface area contributed by atoms with E-state index in [1.54, 1.807) is 67.1 Å². The maximum Gasteiger partial charge on any atom is 0.430 e. The molecule has 0 aliphatic carbocycles. The Labute approximate surface area is 499 Å². The summed E-state index contributed by atoms with van der Waals surface area (Å²) in [5, 5.41) is 19.6. The number of rotatable bonds is 24. The lowest BCUT2D eigenvalue weighted by Crippen LogP contribution is -2.56. The van der Waals surface area contributed by atoms with Gasteiger partial charge in [-0.1, -0.05) is 97.1 Å². The van der Waals surface area contributed by atoms with Gasteiger partial charge in [0.15, 0.2) is 0 Å². The van der Waals surface area contributed by atoms with Crippen molar-refractivity contribution in [2.75, 3.05) is 78.9 Å². The van der Waals surface area contributed by atoms with E-state index in [2.05, 4.69) is 19.8 Å². The highest BCUT2D eigenvalue weighted by Gasteiger charge is 2.72. The number of hydrogen-bond donors (Lipinski definition) is 2. The number of ether oxygens (including phenoxy) is 4. The van der Waals surface area contributed by atoms with Gasteiger partial charge in [-0.25, -0.2) is 0 Å². The predicted octanol–water partition coefficient (Wildman–Crippen LogP) is 10.2. The van der Waals surface area contributed by atoms with Crippen LogP contribution in [0.15, 0.2) is 140 Å². The average molecular weight is 1250 g/mol. The zero-order valence-corrected chi connectivity index (χ0v) is 47.5. The minimum atomic E-state index is -6.01. The third-order valence-corrected chi connectivity index (χ3v) is 15.4. The van der Waals surface area contributed by atoms with Crippen molar-refractivity contribution >= 4 is 11.9 Å². The number of hydrogen-bond acceptors (Lipinski definition) is 14. The van der Waals surface area contributed by atoms with Crippen LogP contribution >= 0.6 is 0 Å². The SMILES string of the molecule is CCOCCOC(=O)[C@H]1CN(Cc2ccc(-c3ccc(C(O)(C(F)(F)F)C(F)(F)F)cc3)cc2)CCN1Cc1ccnc(CCOCCOC(=O)[C@@H]2CN(Cc3ccc(-c4ccc(C(O)(C(F)(F)F)C(F)(F)F)cc4)cc3)CCN2Cc2ccncc2)c1. The van der Waals surface area contributed by atoms with Crippen LogP contribution in [0.4, 0.5) is 52.7 Å². The van der Waals surface area contributed by atoms with Gasteiger partial charge in [0.25, 0.3) is 11.2 Å². The van der Waals surface area contributed by atoms with Crippen LogP contribution in [0.25, 0.3) is 22.3 Å². The first-order valence-electron chi connectivity index (χ1n) is 28.0. The van der Waals surface area contributed by atoms with E-state index < -0.39 is 71.1 Å². The highest BCUT2D eigenvalue weighted by molar-refractivity contribution is 5.77. The van der Waals surface area contributed by atoms with E-state index >= 15 is 0 Å². The molecule has 4 heterocycles. The molecular weight excluding hydrogens is 1180 g/mol. The monoisotopic (exact) mass is 1250 g/mol. The van der Waals surface area contributed by atoms with Crippen molar-refractivity contribution in [1.29, 1.82) is 0 Å². The number of alkyl halides is 12. The number of benzene rings is 4. The second-order valence-corrected chi connectivity index (χ2v) is 21.3. The molecule has 14 nitrogen and oxygen atoms in total. The number of halogens is 12. The van der Waals surface area contributed by atoms with E-state index in [0.717, 1.165) is 52.2 Å². The third kappa shape index (κ3) is 16.2. The van der Waals surface area contributed by atoms with Gasteiger partial charge in [-0.05, 0) is 75.7 Å². The fourth-order valence-corrected chi connectivity index (χ4v) is 10.5. The predicted molar refractivity (Wildman–Crippen MR) is 296 cm³/mol. The lowest BCUT2D eigenvalue weighted by molar-refractivity contribution is -0.376. The van der Waals surface area contributed by atoms with Crippen molar-refractivity contribution in [3.8, 4) is 22.3 Å². The Balaban J connectivity index is 0.821. The van der Waals surface area contributed by atoms with Crippen LogP contribution in [-0.2, 0) is 72.3 Å². The average Bonchev–Trinajstić information content (AvgIpc) is 0.868. The zero-order chi connectivity index (χ0) is 63.5. The minimum absolute atomic E-state index is 0.0334. The van der Waals surface area contributed by atoms with Crippen LogP contribution in [-0.4, -0.2) is 167 Å². The fraction of sp³-hybridized carbons (Fsp3) is 0.419. The first-order chi connectivity index (χ1) is 41.7. The number of nitrogens with zero attached hydrogens (tertiary/aromatic N) is 6. The quantitative estimate of drug-likeness (QED) is 0.0336. The number of carbonyl (C=O) groups is 2. The first kappa shape index (κ1) is 66.9. The van der Waals surface area contributed by atoms with Gasteiger partial charge in [-0.2, -0.15) is 52.7 Å². The zero-order valence-electron chi connectivity index (χ0n) is 47.5. The van der Waals surface area contributed by atoms with E-state index in [-0.39, 0.29) is 33.0 Å². The Bertz CT molecular complexity index is 3180. The fourth-order valence-electron chi connectivity index (χ4n) is 10.5. The lowest BCUT2D eigenvalue weighted by atomic mass is 9.90. The molecule has 474 valence electrons.